The Morgan fingerprint density at radius 2 is 1.95 bits per heavy atom. The molecule has 0 saturated carbocycles. The molecule has 0 heterocycles. The maximum Gasteiger partial charge on any atom is 0.254 e. The predicted octanol–water partition coefficient (Wildman–Crippen LogP) is 3.07. The van der Waals surface area contributed by atoms with Crippen LogP contribution in [0.1, 0.15) is 22.8 Å². The Bertz CT molecular complexity index is 613. The number of nitrogens with zero attached hydrogens (tertiary/aromatic N) is 1. The number of hydrogen-bond acceptors (Lipinski definition) is 2. The smallest absolute Gasteiger partial charge is 0.254 e. The molecule has 104 valence electrons. The van der Waals surface area contributed by atoms with Crippen LogP contribution in [0.15, 0.2) is 48.5 Å². The quantitative estimate of drug-likeness (QED) is 0.869. The third-order valence-electron chi connectivity index (χ3n) is 3.06. The van der Waals surface area contributed by atoms with Gasteiger partial charge in [0.15, 0.2) is 0 Å². The largest absolute Gasteiger partial charge is 0.399 e. The van der Waals surface area contributed by atoms with Gasteiger partial charge in [-0.2, -0.15) is 0 Å². The van der Waals surface area contributed by atoms with Gasteiger partial charge in [-0.1, -0.05) is 18.2 Å². The zero-order valence-corrected chi connectivity index (χ0v) is 11.3. The molecule has 1 amide bonds. The van der Waals surface area contributed by atoms with Gasteiger partial charge >= 0.3 is 0 Å². The summed E-state index contributed by atoms with van der Waals surface area (Å²) in [7, 11) is 0. The lowest BCUT2D eigenvalue weighted by atomic mass is 10.1. The van der Waals surface area contributed by atoms with E-state index >= 15 is 0 Å². The number of rotatable bonds is 4. The van der Waals surface area contributed by atoms with Gasteiger partial charge in [0.25, 0.3) is 5.91 Å². The summed E-state index contributed by atoms with van der Waals surface area (Å²) < 4.78 is 13.2. The minimum Gasteiger partial charge on any atom is -0.399 e. The van der Waals surface area contributed by atoms with Crippen LogP contribution in [0.2, 0.25) is 0 Å². The Morgan fingerprint density at radius 1 is 1.20 bits per heavy atom. The number of nitrogens with two attached hydrogens (primary N) is 1. The number of carbonyl (C=O) groups excluding carboxylic acids is 1. The average molecular weight is 272 g/mol. The molecule has 0 bridgehead atoms. The van der Waals surface area contributed by atoms with Crippen molar-refractivity contribution < 1.29 is 9.18 Å². The van der Waals surface area contributed by atoms with Gasteiger partial charge in [0, 0.05) is 24.3 Å². The number of benzene rings is 2. The number of anilines is 1. The molecule has 2 aromatic rings. The molecule has 0 fully saturated rings. The van der Waals surface area contributed by atoms with Crippen LogP contribution in [0.3, 0.4) is 0 Å². The molecule has 0 aliphatic carbocycles. The van der Waals surface area contributed by atoms with Crippen LogP contribution in [0.4, 0.5) is 10.1 Å². The number of hydrogen-bond donors (Lipinski definition) is 1. The zero-order valence-electron chi connectivity index (χ0n) is 11.3. The summed E-state index contributed by atoms with van der Waals surface area (Å²) in [6, 6.07) is 13.1. The van der Waals surface area contributed by atoms with E-state index in [-0.39, 0.29) is 5.91 Å². The highest BCUT2D eigenvalue weighted by atomic mass is 19.1. The fourth-order valence-electron chi connectivity index (χ4n) is 2.04. The standard InChI is InChI=1S/C16H17FN2O/c1-2-19(11-12-5-3-8-15(18)9-12)16(20)13-6-4-7-14(17)10-13/h3-10H,2,11,18H2,1H3. The minimum absolute atomic E-state index is 0.186. The summed E-state index contributed by atoms with van der Waals surface area (Å²) in [5.74, 6) is -0.592. The molecule has 2 rings (SSSR count). The van der Waals surface area contributed by atoms with Crippen LogP contribution in [-0.4, -0.2) is 17.4 Å². The van der Waals surface area contributed by atoms with Crippen LogP contribution in [0.25, 0.3) is 0 Å². The summed E-state index contributed by atoms with van der Waals surface area (Å²) in [5.41, 5.74) is 7.71. The second-order valence-corrected chi connectivity index (χ2v) is 4.57. The Kier molecular flexibility index (Phi) is 4.35. The molecule has 0 aromatic heterocycles. The van der Waals surface area contributed by atoms with E-state index in [2.05, 4.69) is 0 Å². The maximum absolute atomic E-state index is 13.2. The molecule has 0 radical (unpaired) electrons. The number of carbonyl (C=O) groups is 1. The van der Waals surface area contributed by atoms with Gasteiger partial charge in [-0.25, -0.2) is 4.39 Å². The van der Waals surface area contributed by atoms with Crippen molar-refractivity contribution >= 4 is 11.6 Å². The van der Waals surface area contributed by atoms with Gasteiger partial charge in [0.2, 0.25) is 0 Å². The number of nitrogen functional groups attached to an aromatic ring is 1. The molecule has 2 aromatic carbocycles. The van der Waals surface area contributed by atoms with E-state index in [1.54, 1.807) is 17.0 Å². The van der Waals surface area contributed by atoms with Crippen LogP contribution >= 0.6 is 0 Å². The molecular weight excluding hydrogens is 255 g/mol. The maximum atomic E-state index is 13.2. The summed E-state index contributed by atoms with van der Waals surface area (Å²) >= 11 is 0. The Balaban J connectivity index is 2.18. The molecule has 0 aliphatic heterocycles. The lowest BCUT2D eigenvalue weighted by molar-refractivity contribution is 0.0752. The molecule has 0 unspecified atom stereocenters. The van der Waals surface area contributed by atoms with Gasteiger partial charge in [-0.3, -0.25) is 4.79 Å². The van der Waals surface area contributed by atoms with Crippen LogP contribution in [0.5, 0.6) is 0 Å². The molecule has 4 heteroatoms. The first-order valence-corrected chi connectivity index (χ1v) is 6.49. The second kappa shape index (κ2) is 6.19. The van der Waals surface area contributed by atoms with E-state index < -0.39 is 5.82 Å². The molecule has 3 nitrogen and oxygen atoms in total. The van der Waals surface area contributed by atoms with E-state index in [1.165, 1.54) is 18.2 Å². The van der Waals surface area contributed by atoms with E-state index in [1.807, 2.05) is 25.1 Å². The van der Waals surface area contributed by atoms with Gasteiger partial charge in [0.1, 0.15) is 5.82 Å². The Morgan fingerprint density at radius 3 is 2.60 bits per heavy atom. The van der Waals surface area contributed by atoms with Crippen molar-refractivity contribution in [3.8, 4) is 0 Å². The normalized spacial score (nSPS) is 10.3. The fourth-order valence-corrected chi connectivity index (χ4v) is 2.04. The first kappa shape index (κ1) is 14.1. The highest BCUT2D eigenvalue weighted by Crippen LogP contribution is 2.13. The van der Waals surface area contributed by atoms with Crippen molar-refractivity contribution in [2.24, 2.45) is 0 Å². The third kappa shape index (κ3) is 3.35. The molecule has 0 spiro atoms. The molecule has 0 aliphatic rings. The highest BCUT2D eigenvalue weighted by Gasteiger charge is 2.15. The fraction of sp³-hybridized carbons (Fsp3) is 0.188. The van der Waals surface area contributed by atoms with Gasteiger partial charge in [0.05, 0.1) is 0 Å². The lowest BCUT2D eigenvalue weighted by Crippen LogP contribution is -2.30. The predicted molar refractivity (Wildman–Crippen MR) is 77.7 cm³/mol. The van der Waals surface area contributed by atoms with Crippen molar-refractivity contribution in [2.75, 3.05) is 12.3 Å². The van der Waals surface area contributed by atoms with Crippen LogP contribution < -0.4 is 5.73 Å². The van der Waals surface area contributed by atoms with Crippen molar-refractivity contribution in [1.29, 1.82) is 0 Å². The van der Waals surface area contributed by atoms with Gasteiger partial charge in [-0.05, 0) is 42.8 Å². The molecule has 20 heavy (non-hydrogen) atoms. The summed E-state index contributed by atoms with van der Waals surface area (Å²) in [5, 5.41) is 0. The van der Waals surface area contributed by atoms with E-state index in [0.717, 1.165) is 5.56 Å². The van der Waals surface area contributed by atoms with Crippen LogP contribution in [-0.2, 0) is 6.54 Å². The Hall–Kier alpha value is -2.36. The molecule has 2 N–H and O–H groups in total. The lowest BCUT2D eigenvalue weighted by Gasteiger charge is -2.21. The molecule has 0 saturated heterocycles. The summed E-state index contributed by atoms with van der Waals surface area (Å²) in [6.45, 7) is 2.89. The van der Waals surface area contributed by atoms with Crippen molar-refractivity contribution in [2.45, 2.75) is 13.5 Å². The first-order chi connectivity index (χ1) is 9.60. The average Bonchev–Trinajstić information content (AvgIpc) is 2.44. The first-order valence-electron chi connectivity index (χ1n) is 6.49. The topological polar surface area (TPSA) is 46.3 Å². The van der Waals surface area contributed by atoms with Crippen LogP contribution in [0, 0.1) is 5.82 Å². The number of halogens is 1. The number of amides is 1. The minimum atomic E-state index is -0.407. The van der Waals surface area contributed by atoms with E-state index in [9.17, 15) is 9.18 Å². The monoisotopic (exact) mass is 272 g/mol. The second-order valence-electron chi connectivity index (χ2n) is 4.57. The summed E-state index contributed by atoms with van der Waals surface area (Å²) in [4.78, 5) is 14.0. The van der Waals surface area contributed by atoms with Gasteiger partial charge in [-0.15, -0.1) is 0 Å². The van der Waals surface area contributed by atoms with Crippen molar-refractivity contribution in [3.63, 3.8) is 0 Å². The Labute approximate surface area is 117 Å². The third-order valence-corrected chi connectivity index (χ3v) is 3.06. The molecule has 0 atom stereocenters. The van der Waals surface area contributed by atoms with Crippen molar-refractivity contribution in [3.05, 3.63) is 65.5 Å². The van der Waals surface area contributed by atoms with E-state index in [4.69, 9.17) is 5.73 Å². The SMILES string of the molecule is CCN(Cc1cccc(N)c1)C(=O)c1cccc(F)c1. The summed E-state index contributed by atoms with van der Waals surface area (Å²) in [6.07, 6.45) is 0. The van der Waals surface area contributed by atoms with E-state index in [0.29, 0.717) is 24.3 Å². The highest BCUT2D eigenvalue weighted by molar-refractivity contribution is 5.94. The van der Waals surface area contributed by atoms with Gasteiger partial charge < -0.3 is 10.6 Å². The zero-order chi connectivity index (χ0) is 14.5. The molecular formula is C16H17FN2O. The van der Waals surface area contributed by atoms with Crippen molar-refractivity contribution in [1.82, 2.24) is 4.90 Å².